The maximum Gasteiger partial charge on any atom is 0.264 e. The predicted octanol–water partition coefficient (Wildman–Crippen LogP) is 2.73. The van der Waals surface area contributed by atoms with Gasteiger partial charge in [-0.3, -0.25) is 9.10 Å². The third-order valence-electron chi connectivity index (χ3n) is 4.04. The van der Waals surface area contributed by atoms with Crippen LogP contribution in [0.1, 0.15) is 18.4 Å². The predicted molar refractivity (Wildman–Crippen MR) is 106 cm³/mol. The SMILES string of the molecule is COCCCNC(=O)CCN(c1ccccc1)S(=O)(=O)c1ccc(C)cc1. The number of hydrogen-bond donors (Lipinski definition) is 1. The van der Waals surface area contributed by atoms with Crippen molar-refractivity contribution >= 4 is 21.6 Å². The summed E-state index contributed by atoms with van der Waals surface area (Å²) in [5.74, 6) is -0.189. The smallest absolute Gasteiger partial charge is 0.264 e. The van der Waals surface area contributed by atoms with Crippen LogP contribution in [-0.2, 0) is 19.6 Å². The van der Waals surface area contributed by atoms with E-state index in [1.165, 1.54) is 4.31 Å². The Bertz CT molecular complexity index is 821. The van der Waals surface area contributed by atoms with E-state index in [4.69, 9.17) is 4.74 Å². The van der Waals surface area contributed by atoms with Crippen molar-refractivity contribution < 1.29 is 17.9 Å². The van der Waals surface area contributed by atoms with Gasteiger partial charge < -0.3 is 10.1 Å². The molecule has 0 fully saturated rings. The molecule has 1 N–H and O–H groups in total. The third kappa shape index (κ3) is 6.08. The van der Waals surface area contributed by atoms with Gasteiger partial charge in [-0.15, -0.1) is 0 Å². The van der Waals surface area contributed by atoms with Gasteiger partial charge in [-0.1, -0.05) is 35.9 Å². The highest BCUT2D eigenvalue weighted by atomic mass is 32.2. The summed E-state index contributed by atoms with van der Waals surface area (Å²) in [4.78, 5) is 12.3. The highest BCUT2D eigenvalue weighted by Gasteiger charge is 2.25. The minimum absolute atomic E-state index is 0.0658. The molecule has 0 unspecified atom stereocenters. The number of ether oxygens (including phenoxy) is 1. The first kappa shape index (κ1) is 20.9. The van der Waals surface area contributed by atoms with Crippen LogP contribution in [0.15, 0.2) is 59.5 Å². The molecule has 0 aliphatic heterocycles. The van der Waals surface area contributed by atoms with E-state index in [0.29, 0.717) is 25.3 Å². The first-order chi connectivity index (χ1) is 12.9. The number of sulfonamides is 1. The van der Waals surface area contributed by atoms with Crippen molar-refractivity contribution in [2.75, 3.05) is 31.1 Å². The summed E-state index contributed by atoms with van der Waals surface area (Å²) in [6.45, 7) is 3.04. The Labute approximate surface area is 161 Å². The number of amides is 1. The van der Waals surface area contributed by atoms with Crippen molar-refractivity contribution in [3.8, 4) is 0 Å². The zero-order chi connectivity index (χ0) is 19.7. The van der Waals surface area contributed by atoms with E-state index in [9.17, 15) is 13.2 Å². The Morgan fingerprint density at radius 2 is 1.74 bits per heavy atom. The molecule has 0 spiro atoms. The number of aryl methyl sites for hydroxylation is 1. The van der Waals surface area contributed by atoms with Crippen molar-refractivity contribution in [2.24, 2.45) is 0 Å². The molecule has 0 atom stereocenters. The van der Waals surface area contributed by atoms with Gasteiger partial charge in [0, 0.05) is 33.2 Å². The first-order valence-electron chi connectivity index (χ1n) is 8.85. The standard InChI is InChI=1S/C20H26N2O4S/c1-17-9-11-19(12-10-17)27(24,25)22(18-7-4-3-5-8-18)15-13-20(23)21-14-6-16-26-2/h3-5,7-12H,6,13-16H2,1-2H3,(H,21,23). The van der Waals surface area contributed by atoms with Gasteiger partial charge in [0.15, 0.2) is 0 Å². The summed E-state index contributed by atoms with van der Waals surface area (Å²) in [5.41, 5.74) is 1.51. The van der Waals surface area contributed by atoms with E-state index in [-0.39, 0.29) is 23.8 Å². The minimum Gasteiger partial charge on any atom is -0.385 e. The van der Waals surface area contributed by atoms with Crippen LogP contribution in [-0.4, -0.2) is 41.1 Å². The normalized spacial score (nSPS) is 11.2. The van der Waals surface area contributed by atoms with Gasteiger partial charge in [0.2, 0.25) is 5.91 Å². The van der Waals surface area contributed by atoms with Crippen molar-refractivity contribution in [1.29, 1.82) is 0 Å². The highest BCUT2D eigenvalue weighted by molar-refractivity contribution is 7.92. The van der Waals surface area contributed by atoms with E-state index in [2.05, 4.69) is 5.32 Å². The summed E-state index contributed by atoms with van der Waals surface area (Å²) < 4.78 is 32.5. The third-order valence-corrected chi connectivity index (χ3v) is 5.88. The number of methoxy groups -OCH3 is 1. The van der Waals surface area contributed by atoms with E-state index < -0.39 is 10.0 Å². The Kier molecular flexibility index (Phi) is 7.82. The van der Waals surface area contributed by atoms with E-state index >= 15 is 0 Å². The van der Waals surface area contributed by atoms with Crippen LogP contribution in [0.3, 0.4) is 0 Å². The molecule has 0 radical (unpaired) electrons. The molecule has 2 aromatic carbocycles. The van der Waals surface area contributed by atoms with E-state index in [1.54, 1.807) is 55.6 Å². The molecule has 7 heteroatoms. The Morgan fingerprint density at radius 1 is 1.07 bits per heavy atom. The lowest BCUT2D eigenvalue weighted by molar-refractivity contribution is -0.120. The average molecular weight is 391 g/mol. The molecule has 0 heterocycles. The van der Waals surface area contributed by atoms with Crippen LogP contribution in [0.2, 0.25) is 0 Å². The van der Waals surface area contributed by atoms with Crippen molar-refractivity contribution in [2.45, 2.75) is 24.7 Å². The molecular formula is C20H26N2O4S. The number of nitrogens with one attached hydrogen (secondary N) is 1. The Balaban J connectivity index is 2.15. The minimum atomic E-state index is -3.76. The summed E-state index contributed by atoms with van der Waals surface area (Å²) >= 11 is 0. The van der Waals surface area contributed by atoms with Crippen LogP contribution in [0.4, 0.5) is 5.69 Å². The molecule has 0 saturated heterocycles. The van der Waals surface area contributed by atoms with E-state index in [1.807, 2.05) is 13.0 Å². The quantitative estimate of drug-likeness (QED) is 0.633. The van der Waals surface area contributed by atoms with Gasteiger partial charge in [-0.2, -0.15) is 0 Å². The summed E-state index contributed by atoms with van der Waals surface area (Å²) in [6.07, 6.45) is 0.791. The number of hydrogen-bond acceptors (Lipinski definition) is 4. The molecule has 27 heavy (non-hydrogen) atoms. The summed E-state index contributed by atoms with van der Waals surface area (Å²) in [5, 5.41) is 2.78. The van der Waals surface area contributed by atoms with Crippen LogP contribution in [0, 0.1) is 6.92 Å². The molecular weight excluding hydrogens is 364 g/mol. The van der Waals surface area contributed by atoms with Crippen molar-refractivity contribution in [1.82, 2.24) is 5.32 Å². The number of para-hydroxylation sites is 1. The Morgan fingerprint density at radius 3 is 2.37 bits per heavy atom. The molecule has 0 aliphatic rings. The maximum absolute atomic E-state index is 13.1. The van der Waals surface area contributed by atoms with E-state index in [0.717, 1.165) is 5.56 Å². The van der Waals surface area contributed by atoms with Crippen LogP contribution < -0.4 is 9.62 Å². The fraction of sp³-hybridized carbons (Fsp3) is 0.350. The van der Waals surface area contributed by atoms with Gasteiger partial charge in [-0.05, 0) is 37.6 Å². The monoisotopic (exact) mass is 390 g/mol. The van der Waals surface area contributed by atoms with Crippen molar-refractivity contribution in [3.05, 3.63) is 60.2 Å². The van der Waals surface area contributed by atoms with Gasteiger partial charge in [-0.25, -0.2) is 8.42 Å². The largest absolute Gasteiger partial charge is 0.385 e. The zero-order valence-electron chi connectivity index (χ0n) is 15.7. The molecule has 1 amide bonds. The second-order valence-corrected chi connectivity index (χ2v) is 8.03. The lowest BCUT2D eigenvalue weighted by Gasteiger charge is -2.24. The molecule has 0 saturated carbocycles. The van der Waals surface area contributed by atoms with Gasteiger partial charge in [0.25, 0.3) is 10.0 Å². The fourth-order valence-electron chi connectivity index (χ4n) is 2.56. The maximum atomic E-state index is 13.1. The van der Waals surface area contributed by atoms with Gasteiger partial charge in [0.05, 0.1) is 10.6 Å². The Hall–Kier alpha value is -2.38. The fourth-order valence-corrected chi connectivity index (χ4v) is 4.02. The number of rotatable bonds is 10. The summed E-state index contributed by atoms with van der Waals surface area (Å²) in [6, 6.07) is 15.5. The number of benzene rings is 2. The highest BCUT2D eigenvalue weighted by Crippen LogP contribution is 2.24. The number of nitrogens with zero attached hydrogens (tertiary/aromatic N) is 1. The number of carbonyl (C=O) groups excluding carboxylic acids is 1. The second kappa shape index (κ2) is 10.1. The lowest BCUT2D eigenvalue weighted by atomic mass is 10.2. The summed E-state index contributed by atoms with van der Waals surface area (Å²) in [7, 11) is -2.16. The average Bonchev–Trinajstić information content (AvgIpc) is 2.66. The van der Waals surface area contributed by atoms with Gasteiger partial charge in [0.1, 0.15) is 0 Å². The second-order valence-electron chi connectivity index (χ2n) is 6.17. The lowest BCUT2D eigenvalue weighted by Crippen LogP contribution is -2.35. The molecule has 0 aromatic heterocycles. The van der Waals surface area contributed by atoms with Crippen molar-refractivity contribution in [3.63, 3.8) is 0 Å². The molecule has 6 nitrogen and oxygen atoms in total. The number of anilines is 1. The molecule has 2 rings (SSSR count). The van der Waals surface area contributed by atoms with Crippen LogP contribution in [0.5, 0.6) is 0 Å². The van der Waals surface area contributed by atoms with Gasteiger partial charge >= 0.3 is 0 Å². The first-order valence-corrected chi connectivity index (χ1v) is 10.3. The molecule has 0 bridgehead atoms. The molecule has 146 valence electrons. The molecule has 2 aromatic rings. The van der Waals surface area contributed by atoms with Crippen LogP contribution >= 0.6 is 0 Å². The topological polar surface area (TPSA) is 75.7 Å². The number of carbonyl (C=O) groups is 1. The zero-order valence-corrected chi connectivity index (χ0v) is 16.5. The van der Waals surface area contributed by atoms with Crippen LogP contribution in [0.25, 0.3) is 0 Å². The molecule has 0 aliphatic carbocycles.